The predicted octanol–water partition coefficient (Wildman–Crippen LogP) is 4.25. The molecule has 1 N–H and O–H groups in total. The van der Waals surface area contributed by atoms with Crippen LogP contribution in [-0.2, 0) is 4.74 Å². The molecule has 0 amide bonds. The lowest BCUT2D eigenvalue weighted by Gasteiger charge is -2.07. The Labute approximate surface area is 132 Å². The summed E-state index contributed by atoms with van der Waals surface area (Å²) in [5, 5.41) is 9.77. The highest BCUT2D eigenvalue weighted by atomic mass is 16.5. The molecule has 120 valence electrons. The van der Waals surface area contributed by atoms with Crippen LogP contribution in [0.2, 0.25) is 0 Å². The van der Waals surface area contributed by atoms with Crippen molar-refractivity contribution in [3.8, 4) is 11.5 Å². The summed E-state index contributed by atoms with van der Waals surface area (Å²) in [7, 11) is 1.27. The zero-order chi connectivity index (χ0) is 16.5. The van der Waals surface area contributed by atoms with E-state index in [-0.39, 0.29) is 11.3 Å². The fourth-order valence-corrected chi connectivity index (χ4v) is 1.85. The van der Waals surface area contributed by atoms with Gasteiger partial charge in [0, 0.05) is 6.07 Å². The molecule has 0 unspecified atom stereocenters. The lowest BCUT2D eigenvalue weighted by molar-refractivity contribution is 0.0597. The molecule has 0 aliphatic carbocycles. The number of methoxy groups -OCH3 is 1. The van der Waals surface area contributed by atoms with Gasteiger partial charge < -0.3 is 14.6 Å². The average molecular weight is 304 g/mol. The van der Waals surface area contributed by atoms with E-state index in [1.165, 1.54) is 30.4 Å². The van der Waals surface area contributed by atoms with Crippen molar-refractivity contribution in [1.82, 2.24) is 0 Å². The van der Waals surface area contributed by atoms with Crippen LogP contribution in [0, 0.1) is 0 Å². The number of carbonyl (C=O) groups is 1. The van der Waals surface area contributed by atoms with Crippen molar-refractivity contribution >= 4 is 5.97 Å². The van der Waals surface area contributed by atoms with Crippen LogP contribution < -0.4 is 4.74 Å². The van der Waals surface area contributed by atoms with E-state index in [0.717, 1.165) is 12.8 Å². The van der Waals surface area contributed by atoms with Crippen LogP contribution in [0.5, 0.6) is 11.5 Å². The van der Waals surface area contributed by atoms with E-state index in [2.05, 4.69) is 31.6 Å². The molecule has 22 heavy (non-hydrogen) atoms. The van der Waals surface area contributed by atoms with E-state index in [1.54, 1.807) is 6.07 Å². The van der Waals surface area contributed by atoms with Crippen LogP contribution >= 0.6 is 0 Å². The first-order valence-corrected chi connectivity index (χ1v) is 7.27. The predicted molar refractivity (Wildman–Crippen MR) is 87.4 cm³/mol. The van der Waals surface area contributed by atoms with Gasteiger partial charge in [-0.15, -0.1) is 0 Å². The highest BCUT2D eigenvalue weighted by Crippen LogP contribution is 2.24. The molecule has 0 bridgehead atoms. The summed E-state index contributed by atoms with van der Waals surface area (Å²) in [6.45, 7) is 6.68. The smallest absolute Gasteiger partial charge is 0.341 e. The molecule has 0 aromatic heterocycles. The Kier molecular flexibility index (Phi) is 7.23. The summed E-state index contributed by atoms with van der Waals surface area (Å²) in [5.41, 5.74) is 2.71. The monoisotopic (exact) mass is 304 g/mol. The van der Waals surface area contributed by atoms with Gasteiger partial charge >= 0.3 is 5.97 Å². The van der Waals surface area contributed by atoms with Crippen LogP contribution in [-0.4, -0.2) is 24.8 Å². The normalized spacial score (nSPS) is 11.0. The Bertz CT molecular complexity index is 566. The van der Waals surface area contributed by atoms with Crippen LogP contribution in [0.15, 0.2) is 41.5 Å². The molecule has 1 aromatic carbocycles. The van der Waals surface area contributed by atoms with Gasteiger partial charge in [-0.1, -0.05) is 17.2 Å². The fraction of sp³-hybridized carbons (Fsp3) is 0.389. The maximum atomic E-state index is 11.4. The summed E-state index contributed by atoms with van der Waals surface area (Å²) in [6, 6.07) is 4.54. The maximum Gasteiger partial charge on any atom is 0.341 e. The summed E-state index contributed by atoms with van der Waals surface area (Å²) in [5.74, 6) is -0.203. The fourth-order valence-electron chi connectivity index (χ4n) is 1.85. The van der Waals surface area contributed by atoms with E-state index >= 15 is 0 Å². The van der Waals surface area contributed by atoms with Gasteiger partial charge in [0.05, 0.1) is 7.11 Å². The Hall–Kier alpha value is -2.23. The largest absolute Gasteiger partial charge is 0.507 e. The van der Waals surface area contributed by atoms with Crippen LogP contribution in [0.1, 0.15) is 44.0 Å². The van der Waals surface area contributed by atoms with E-state index in [9.17, 15) is 9.90 Å². The first kappa shape index (κ1) is 17.8. The van der Waals surface area contributed by atoms with Gasteiger partial charge in [0.15, 0.2) is 0 Å². The summed E-state index contributed by atoms with van der Waals surface area (Å²) in [4.78, 5) is 11.4. The van der Waals surface area contributed by atoms with Crippen LogP contribution in [0.4, 0.5) is 0 Å². The van der Waals surface area contributed by atoms with E-state index in [0.29, 0.717) is 12.4 Å². The minimum Gasteiger partial charge on any atom is -0.507 e. The minimum atomic E-state index is -0.570. The summed E-state index contributed by atoms with van der Waals surface area (Å²) >= 11 is 0. The van der Waals surface area contributed by atoms with Gasteiger partial charge in [-0.05, 0) is 51.8 Å². The molecule has 0 radical (unpaired) electrons. The third kappa shape index (κ3) is 6.04. The molecule has 0 aliphatic heterocycles. The molecule has 0 heterocycles. The first-order valence-electron chi connectivity index (χ1n) is 7.27. The van der Waals surface area contributed by atoms with Gasteiger partial charge in [-0.3, -0.25) is 0 Å². The average Bonchev–Trinajstić information content (AvgIpc) is 2.46. The number of hydrogen-bond acceptors (Lipinski definition) is 4. The Balaban J connectivity index is 2.53. The number of rotatable bonds is 7. The molecule has 0 fully saturated rings. The number of carbonyl (C=O) groups excluding carboxylic acids is 1. The number of phenolic OH excluding ortho intramolecular Hbond substituents is 1. The lowest BCUT2D eigenvalue weighted by atomic mass is 10.1. The number of benzene rings is 1. The first-order chi connectivity index (χ1) is 10.4. The van der Waals surface area contributed by atoms with Crippen LogP contribution in [0.3, 0.4) is 0 Å². The van der Waals surface area contributed by atoms with Gasteiger partial charge in [0.1, 0.15) is 23.7 Å². The molecule has 1 aromatic rings. The topological polar surface area (TPSA) is 55.8 Å². The zero-order valence-corrected chi connectivity index (χ0v) is 13.7. The number of hydrogen-bond donors (Lipinski definition) is 1. The molecule has 0 spiro atoms. The van der Waals surface area contributed by atoms with Gasteiger partial charge in [0.25, 0.3) is 0 Å². The van der Waals surface area contributed by atoms with Gasteiger partial charge in [-0.2, -0.15) is 0 Å². The van der Waals surface area contributed by atoms with Crippen molar-refractivity contribution in [1.29, 1.82) is 0 Å². The molecular formula is C18H24O4. The summed E-state index contributed by atoms with van der Waals surface area (Å²) < 4.78 is 10.1. The molecule has 0 atom stereocenters. The molecule has 0 aliphatic rings. The SMILES string of the molecule is COC(=O)c1ccc(OCC=C(C)CCC=C(C)C)cc1O. The van der Waals surface area contributed by atoms with Crippen molar-refractivity contribution < 1.29 is 19.4 Å². The molecular weight excluding hydrogens is 280 g/mol. The van der Waals surface area contributed by atoms with Gasteiger partial charge in [-0.25, -0.2) is 4.79 Å². The van der Waals surface area contributed by atoms with Crippen molar-refractivity contribution in [2.24, 2.45) is 0 Å². The van der Waals surface area contributed by atoms with Gasteiger partial charge in [0.2, 0.25) is 0 Å². The van der Waals surface area contributed by atoms with E-state index < -0.39 is 5.97 Å². The lowest BCUT2D eigenvalue weighted by Crippen LogP contribution is -2.02. The molecule has 4 heteroatoms. The standard InChI is InChI=1S/C18H24O4/c1-13(2)6-5-7-14(3)10-11-22-15-8-9-16(17(19)12-15)18(20)21-4/h6,8-10,12,19H,5,7,11H2,1-4H3. The number of allylic oxidation sites excluding steroid dienone is 3. The minimum absolute atomic E-state index is 0.128. The third-order valence-electron chi connectivity index (χ3n) is 3.15. The number of esters is 1. The second kappa shape index (κ2) is 8.93. The Morgan fingerprint density at radius 3 is 2.55 bits per heavy atom. The highest BCUT2D eigenvalue weighted by Gasteiger charge is 2.11. The van der Waals surface area contributed by atoms with Crippen molar-refractivity contribution in [2.75, 3.05) is 13.7 Å². The van der Waals surface area contributed by atoms with E-state index in [4.69, 9.17) is 4.74 Å². The van der Waals surface area contributed by atoms with Crippen molar-refractivity contribution in [3.05, 3.63) is 47.1 Å². The van der Waals surface area contributed by atoms with E-state index in [1.807, 2.05) is 6.08 Å². The Morgan fingerprint density at radius 1 is 1.23 bits per heavy atom. The molecule has 0 saturated carbocycles. The second-order valence-corrected chi connectivity index (χ2v) is 5.35. The van der Waals surface area contributed by atoms with Crippen molar-refractivity contribution in [3.63, 3.8) is 0 Å². The third-order valence-corrected chi connectivity index (χ3v) is 3.15. The number of aromatic hydroxyl groups is 1. The number of ether oxygens (including phenoxy) is 2. The maximum absolute atomic E-state index is 11.4. The molecule has 1 rings (SSSR count). The van der Waals surface area contributed by atoms with Crippen molar-refractivity contribution in [2.45, 2.75) is 33.6 Å². The molecule has 4 nitrogen and oxygen atoms in total. The highest BCUT2D eigenvalue weighted by molar-refractivity contribution is 5.92. The van der Waals surface area contributed by atoms with Crippen LogP contribution in [0.25, 0.3) is 0 Å². The number of phenols is 1. The Morgan fingerprint density at radius 2 is 1.95 bits per heavy atom. The summed E-state index contributed by atoms with van der Waals surface area (Å²) in [6.07, 6.45) is 6.26. The quantitative estimate of drug-likeness (QED) is 0.604. The zero-order valence-electron chi connectivity index (χ0n) is 13.7. The molecule has 0 saturated heterocycles. The second-order valence-electron chi connectivity index (χ2n) is 5.35.